The second-order valence-corrected chi connectivity index (χ2v) is 7.90. The van der Waals surface area contributed by atoms with Gasteiger partial charge in [-0.1, -0.05) is 0 Å². The van der Waals surface area contributed by atoms with Crippen LogP contribution in [-0.4, -0.2) is 61.6 Å². The number of nitrogens with zero attached hydrogens (tertiary/aromatic N) is 1. The van der Waals surface area contributed by atoms with E-state index in [1.54, 1.807) is 25.3 Å². The molecule has 0 unspecified atom stereocenters. The van der Waals surface area contributed by atoms with Crippen LogP contribution in [0.5, 0.6) is 11.5 Å². The van der Waals surface area contributed by atoms with Gasteiger partial charge >= 0.3 is 0 Å². The van der Waals surface area contributed by atoms with E-state index in [-0.39, 0.29) is 36.4 Å². The van der Waals surface area contributed by atoms with Crippen LogP contribution in [0.2, 0.25) is 0 Å². The molecule has 3 fully saturated rings. The molecule has 29 heavy (non-hydrogen) atoms. The number of halogens is 1. The first kappa shape index (κ1) is 21.7. The Balaban J connectivity index is 0.00000240. The van der Waals surface area contributed by atoms with Gasteiger partial charge in [0.25, 0.3) is 5.91 Å². The van der Waals surface area contributed by atoms with E-state index in [0.29, 0.717) is 36.2 Å². The van der Waals surface area contributed by atoms with Crippen molar-refractivity contribution >= 4 is 24.2 Å². The van der Waals surface area contributed by atoms with Crippen LogP contribution in [0.15, 0.2) is 18.2 Å². The number of rotatable bonds is 6. The Kier molecular flexibility index (Phi) is 7.24. The zero-order valence-corrected chi connectivity index (χ0v) is 17.6. The molecule has 7 nitrogen and oxygen atoms in total. The first-order valence-corrected chi connectivity index (χ1v) is 10.3. The zero-order chi connectivity index (χ0) is 19.5. The minimum Gasteiger partial charge on any atom is -0.497 e. The third-order valence-corrected chi connectivity index (χ3v) is 5.75. The van der Waals surface area contributed by atoms with E-state index in [4.69, 9.17) is 9.47 Å². The van der Waals surface area contributed by atoms with Crippen molar-refractivity contribution in [3.8, 4) is 11.5 Å². The smallest absolute Gasteiger partial charge is 0.255 e. The fourth-order valence-corrected chi connectivity index (χ4v) is 3.89. The number of benzene rings is 1. The van der Waals surface area contributed by atoms with Crippen LogP contribution in [0.1, 0.15) is 48.9 Å². The van der Waals surface area contributed by atoms with Gasteiger partial charge in [0.2, 0.25) is 5.91 Å². The molecule has 0 bridgehead atoms. The fraction of sp³-hybridized carbons (Fsp3) is 0.619. The number of carbonyl (C=O) groups is 2. The van der Waals surface area contributed by atoms with Gasteiger partial charge < -0.3 is 25.0 Å². The predicted molar refractivity (Wildman–Crippen MR) is 112 cm³/mol. The zero-order valence-electron chi connectivity index (χ0n) is 16.8. The maximum absolute atomic E-state index is 12.6. The van der Waals surface area contributed by atoms with E-state index in [1.807, 2.05) is 4.90 Å². The molecule has 2 heterocycles. The van der Waals surface area contributed by atoms with Gasteiger partial charge in [0.05, 0.1) is 18.7 Å². The van der Waals surface area contributed by atoms with Crippen molar-refractivity contribution in [2.45, 2.75) is 56.7 Å². The molecule has 160 valence electrons. The van der Waals surface area contributed by atoms with E-state index in [1.165, 1.54) is 0 Å². The molecular weight excluding hydrogens is 394 g/mol. The number of hydrogen-bond acceptors (Lipinski definition) is 5. The average molecular weight is 424 g/mol. The molecule has 2 amide bonds. The Morgan fingerprint density at radius 3 is 2.52 bits per heavy atom. The maximum atomic E-state index is 12.6. The first-order chi connectivity index (χ1) is 13.6. The van der Waals surface area contributed by atoms with Crippen LogP contribution in [0.25, 0.3) is 0 Å². The normalized spacial score (nSPS) is 22.0. The van der Waals surface area contributed by atoms with Gasteiger partial charge in [0.1, 0.15) is 17.6 Å². The lowest BCUT2D eigenvalue weighted by molar-refractivity contribution is -0.134. The molecule has 2 N–H and O–H groups in total. The molecule has 4 rings (SSSR count). The minimum atomic E-state index is -0.0972. The molecule has 1 aromatic carbocycles. The van der Waals surface area contributed by atoms with Crippen LogP contribution in [0, 0.1) is 0 Å². The summed E-state index contributed by atoms with van der Waals surface area (Å²) in [5.41, 5.74) is 0.543. The predicted octanol–water partition coefficient (Wildman–Crippen LogP) is 2.13. The molecule has 8 heteroatoms. The summed E-state index contributed by atoms with van der Waals surface area (Å²) in [7, 11) is 1.60. The van der Waals surface area contributed by atoms with E-state index in [9.17, 15) is 9.59 Å². The molecular formula is C21H30ClN3O4. The average Bonchev–Trinajstić information content (AvgIpc) is 3.36. The molecule has 1 atom stereocenters. The Morgan fingerprint density at radius 2 is 1.90 bits per heavy atom. The summed E-state index contributed by atoms with van der Waals surface area (Å²) < 4.78 is 11.5. The lowest BCUT2D eigenvalue weighted by atomic mass is 10.1. The molecule has 1 aliphatic carbocycles. The molecule has 0 aromatic heterocycles. The van der Waals surface area contributed by atoms with Crippen molar-refractivity contribution in [3.05, 3.63) is 23.8 Å². The quantitative estimate of drug-likeness (QED) is 0.732. The molecule has 1 saturated carbocycles. The van der Waals surface area contributed by atoms with Crippen molar-refractivity contribution < 1.29 is 19.1 Å². The number of ether oxygens (including phenoxy) is 2. The lowest BCUT2D eigenvalue weighted by Gasteiger charge is -2.34. The van der Waals surface area contributed by atoms with Gasteiger partial charge in [-0.15, -0.1) is 12.4 Å². The SMILES string of the molecule is COc1ccc(C(=O)NC2CC2)c(OC2CCN(C(=O)[C@@H]3CCCN3)CC2)c1.Cl. The number of nitrogens with one attached hydrogen (secondary N) is 2. The van der Waals surface area contributed by atoms with Crippen LogP contribution in [0.3, 0.4) is 0 Å². The minimum absolute atomic E-state index is 0. The summed E-state index contributed by atoms with van der Waals surface area (Å²) >= 11 is 0. The third kappa shape index (κ3) is 5.34. The van der Waals surface area contributed by atoms with Gasteiger partial charge in [0, 0.05) is 38.0 Å². The maximum Gasteiger partial charge on any atom is 0.255 e. The van der Waals surface area contributed by atoms with Gasteiger partial charge in [-0.25, -0.2) is 0 Å². The molecule has 2 aliphatic heterocycles. The summed E-state index contributed by atoms with van der Waals surface area (Å²) in [5.74, 6) is 1.33. The molecule has 0 spiro atoms. The number of methoxy groups -OCH3 is 1. The van der Waals surface area contributed by atoms with Crippen LogP contribution >= 0.6 is 12.4 Å². The summed E-state index contributed by atoms with van der Waals surface area (Å²) in [6.45, 7) is 2.31. The van der Waals surface area contributed by atoms with Gasteiger partial charge in [0.15, 0.2) is 0 Å². The highest BCUT2D eigenvalue weighted by atomic mass is 35.5. The van der Waals surface area contributed by atoms with Gasteiger partial charge in [-0.05, 0) is 44.4 Å². The van der Waals surface area contributed by atoms with E-state index in [0.717, 1.165) is 45.1 Å². The van der Waals surface area contributed by atoms with E-state index >= 15 is 0 Å². The van der Waals surface area contributed by atoms with Crippen LogP contribution in [-0.2, 0) is 4.79 Å². The fourth-order valence-electron chi connectivity index (χ4n) is 3.89. The molecule has 1 aromatic rings. The van der Waals surface area contributed by atoms with Crippen molar-refractivity contribution in [1.82, 2.24) is 15.5 Å². The largest absolute Gasteiger partial charge is 0.497 e. The van der Waals surface area contributed by atoms with Gasteiger partial charge in [-0.2, -0.15) is 0 Å². The summed E-state index contributed by atoms with van der Waals surface area (Å²) in [4.78, 5) is 27.0. The summed E-state index contributed by atoms with van der Waals surface area (Å²) in [6, 6.07) is 5.59. The topological polar surface area (TPSA) is 79.9 Å². The Morgan fingerprint density at radius 1 is 1.14 bits per heavy atom. The Bertz CT molecular complexity index is 727. The number of carbonyl (C=O) groups excluding carboxylic acids is 2. The Hall–Kier alpha value is -1.99. The Labute approximate surface area is 177 Å². The highest BCUT2D eigenvalue weighted by Crippen LogP contribution is 2.29. The second kappa shape index (κ2) is 9.67. The monoisotopic (exact) mass is 423 g/mol. The van der Waals surface area contributed by atoms with Crippen molar-refractivity contribution in [1.29, 1.82) is 0 Å². The van der Waals surface area contributed by atoms with Gasteiger partial charge in [-0.3, -0.25) is 9.59 Å². The van der Waals surface area contributed by atoms with Crippen molar-refractivity contribution in [3.63, 3.8) is 0 Å². The number of hydrogen-bond donors (Lipinski definition) is 2. The molecule has 3 aliphatic rings. The van der Waals surface area contributed by atoms with Crippen molar-refractivity contribution in [2.24, 2.45) is 0 Å². The molecule has 2 saturated heterocycles. The number of amides is 2. The molecule has 0 radical (unpaired) electrons. The van der Waals surface area contributed by atoms with E-state index < -0.39 is 0 Å². The van der Waals surface area contributed by atoms with E-state index in [2.05, 4.69) is 10.6 Å². The highest BCUT2D eigenvalue weighted by molar-refractivity contribution is 5.97. The number of piperidine rings is 1. The van der Waals surface area contributed by atoms with Crippen molar-refractivity contribution in [2.75, 3.05) is 26.7 Å². The standard InChI is InChI=1S/C21H29N3O4.ClH/c1-27-16-6-7-17(20(25)23-14-4-5-14)19(13-16)28-15-8-11-24(12-9-15)21(26)18-3-2-10-22-18;/h6-7,13-15,18,22H,2-5,8-12H2,1H3,(H,23,25);1H/t18-;/m0./s1. The summed E-state index contributed by atoms with van der Waals surface area (Å²) in [6.07, 6.45) is 5.59. The van der Waals surface area contributed by atoms with Crippen LogP contribution < -0.4 is 20.1 Å². The second-order valence-electron chi connectivity index (χ2n) is 7.90. The lowest BCUT2D eigenvalue weighted by Crippen LogP contribution is -2.48. The highest BCUT2D eigenvalue weighted by Gasteiger charge is 2.31. The van der Waals surface area contributed by atoms with Crippen LogP contribution in [0.4, 0.5) is 0 Å². The summed E-state index contributed by atoms with van der Waals surface area (Å²) in [5, 5.41) is 6.30. The first-order valence-electron chi connectivity index (χ1n) is 10.3. The third-order valence-electron chi connectivity index (χ3n) is 5.75. The number of likely N-dealkylation sites (tertiary alicyclic amines) is 1.